The number of anilines is 2. The molecular weight excluding hydrogens is 358 g/mol. The molecule has 2 fully saturated rings. The third kappa shape index (κ3) is 4.09. The second-order valence-electron chi connectivity index (χ2n) is 7.88. The Balaban J connectivity index is 1.27. The van der Waals surface area contributed by atoms with E-state index in [0.717, 1.165) is 50.1 Å². The first-order chi connectivity index (χ1) is 13.5. The van der Waals surface area contributed by atoms with Gasteiger partial charge in [-0.05, 0) is 60.4 Å². The van der Waals surface area contributed by atoms with E-state index >= 15 is 0 Å². The van der Waals surface area contributed by atoms with Gasteiger partial charge in [0.15, 0.2) is 0 Å². The number of carbonyl (C=O) groups excluding carboxylic acids is 1. The third-order valence-electron chi connectivity index (χ3n) is 5.46. The number of hydrogen-bond acceptors (Lipinski definition) is 6. The van der Waals surface area contributed by atoms with Crippen LogP contribution in [0.25, 0.3) is 0 Å². The molecule has 2 heterocycles. The summed E-state index contributed by atoms with van der Waals surface area (Å²) in [5, 5.41) is 11.0. The number of likely N-dealkylation sites (tertiary alicyclic amines) is 1. The summed E-state index contributed by atoms with van der Waals surface area (Å²) in [5.74, 6) is -0.0205. The van der Waals surface area contributed by atoms with Crippen molar-refractivity contribution < 1.29 is 4.79 Å². The van der Waals surface area contributed by atoms with Gasteiger partial charge in [0.2, 0.25) is 5.91 Å². The Labute approximate surface area is 163 Å². The lowest BCUT2D eigenvalue weighted by atomic mass is 10.1. The van der Waals surface area contributed by atoms with Crippen LogP contribution in [0.4, 0.5) is 11.4 Å². The number of nitrogens with one attached hydrogen (secondary N) is 1. The van der Waals surface area contributed by atoms with E-state index in [-0.39, 0.29) is 23.7 Å². The van der Waals surface area contributed by atoms with Crippen LogP contribution in [0.15, 0.2) is 29.1 Å². The number of tetrazole rings is 1. The molecular formula is C19H27N7O2. The van der Waals surface area contributed by atoms with Crippen LogP contribution in [0.5, 0.6) is 0 Å². The normalized spacial score (nSPS) is 18.2. The van der Waals surface area contributed by atoms with Crippen molar-refractivity contribution in [1.82, 2.24) is 24.7 Å². The Morgan fingerprint density at radius 1 is 1.04 bits per heavy atom. The Morgan fingerprint density at radius 2 is 1.61 bits per heavy atom. The molecule has 1 saturated carbocycles. The van der Waals surface area contributed by atoms with Gasteiger partial charge in [-0.2, -0.15) is 9.36 Å². The van der Waals surface area contributed by atoms with Crippen molar-refractivity contribution in [3.05, 3.63) is 34.7 Å². The Bertz CT molecular complexity index is 874. The fourth-order valence-corrected chi connectivity index (χ4v) is 3.61. The first kappa shape index (κ1) is 18.7. The second kappa shape index (κ2) is 7.75. The number of rotatable bonds is 6. The maximum Gasteiger partial charge on any atom is 0.364 e. The number of nitrogens with zero attached hydrogens (tertiary/aromatic N) is 6. The predicted octanol–water partition coefficient (Wildman–Crippen LogP) is 1.12. The highest BCUT2D eigenvalue weighted by molar-refractivity contribution is 5.92. The molecule has 9 nitrogen and oxygen atoms in total. The van der Waals surface area contributed by atoms with Gasteiger partial charge in [0, 0.05) is 38.6 Å². The highest BCUT2D eigenvalue weighted by atomic mass is 16.2. The molecule has 4 rings (SSSR count). The summed E-state index contributed by atoms with van der Waals surface area (Å²) in [6, 6.07) is 8.10. The summed E-state index contributed by atoms with van der Waals surface area (Å²) < 4.78 is 3.05. The fraction of sp³-hybridized carbons (Fsp3) is 0.579. The van der Waals surface area contributed by atoms with E-state index in [0.29, 0.717) is 6.54 Å². The van der Waals surface area contributed by atoms with Gasteiger partial charge in [0.25, 0.3) is 0 Å². The van der Waals surface area contributed by atoms with E-state index in [2.05, 4.69) is 20.6 Å². The van der Waals surface area contributed by atoms with Gasteiger partial charge in [0.1, 0.15) is 0 Å². The van der Waals surface area contributed by atoms with E-state index in [4.69, 9.17) is 0 Å². The molecule has 1 aliphatic carbocycles. The van der Waals surface area contributed by atoms with Gasteiger partial charge in [-0.3, -0.25) is 9.69 Å². The molecule has 0 bridgehead atoms. The number of piperidine rings is 1. The largest absolute Gasteiger partial charge is 0.378 e. The fourth-order valence-electron chi connectivity index (χ4n) is 3.61. The number of aromatic nitrogens is 4. The van der Waals surface area contributed by atoms with Crippen LogP contribution < -0.4 is 15.9 Å². The standard InChI is InChI=1S/C19H27N7O2/c1-23(2)15-5-3-14(4-6-15)20-18(27)13-24-11-9-17(10-12-24)26-19(28)25(21-22-26)16-7-8-16/h3-6,16-17H,7-13H2,1-2H3,(H,20,27). The molecule has 0 atom stereocenters. The summed E-state index contributed by atoms with van der Waals surface area (Å²) in [6.45, 7) is 1.88. The third-order valence-corrected chi connectivity index (χ3v) is 5.46. The van der Waals surface area contributed by atoms with Crippen LogP contribution in [0.2, 0.25) is 0 Å². The summed E-state index contributed by atoms with van der Waals surface area (Å²) in [4.78, 5) is 28.9. The van der Waals surface area contributed by atoms with Gasteiger partial charge in [-0.1, -0.05) is 0 Å². The van der Waals surface area contributed by atoms with Crippen LogP contribution in [0.1, 0.15) is 37.8 Å². The minimum atomic E-state index is -0.0973. The molecule has 0 radical (unpaired) electrons. The van der Waals surface area contributed by atoms with Gasteiger partial charge in [-0.25, -0.2) is 4.79 Å². The summed E-state index contributed by atoms with van der Waals surface area (Å²) in [5.41, 5.74) is 1.79. The first-order valence-electron chi connectivity index (χ1n) is 9.85. The zero-order valence-electron chi connectivity index (χ0n) is 16.4. The quantitative estimate of drug-likeness (QED) is 0.802. The van der Waals surface area contributed by atoms with E-state index in [1.807, 2.05) is 43.3 Å². The van der Waals surface area contributed by atoms with E-state index in [1.54, 1.807) is 0 Å². The maximum absolute atomic E-state index is 12.4. The second-order valence-corrected chi connectivity index (χ2v) is 7.88. The summed E-state index contributed by atoms with van der Waals surface area (Å²) in [6.07, 6.45) is 3.64. The molecule has 1 aromatic heterocycles. The van der Waals surface area contributed by atoms with Crippen LogP contribution >= 0.6 is 0 Å². The molecule has 0 spiro atoms. The van der Waals surface area contributed by atoms with Crippen molar-refractivity contribution in [2.45, 2.75) is 37.8 Å². The van der Waals surface area contributed by atoms with E-state index < -0.39 is 0 Å². The van der Waals surface area contributed by atoms with Crippen molar-refractivity contribution in [2.75, 3.05) is 43.9 Å². The molecule has 2 aromatic rings. The molecule has 150 valence electrons. The molecule has 28 heavy (non-hydrogen) atoms. The Hall–Kier alpha value is -2.68. The van der Waals surface area contributed by atoms with Crippen LogP contribution in [-0.2, 0) is 4.79 Å². The van der Waals surface area contributed by atoms with Crippen molar-refractivity contribution in [2.24, 2.45) is 0 Å². The summed E-state index contributed by atoms with van der Waals surface area (Å²) >= 11 is 0. The van der Waals surface area contributed by atoms with Crippen LogP contribution in [0, 0.1) is 0 Å². The van der Waals surface area contributed by atoms with Crippen LogP contribution in [0.3, 0.4) is 0 Å². The molecule has 1 saturated heterocycles. The molecule has 9 heteroatoms. The number of carbonyl (C=O) groups is 1. The highest BCUT2D eigenvalue weighted by Crippen LogP contribution is 2.32. The lowest BCUT2D eigenvalue weighted by Gasteiger charge is -2.30. The Kier molecular flexibility index (Phi) is 5.17. The van der Waals surface area contributed by atoms with E-state index in [1.165, 1.54) is 9.36 Å². The topological polar surface area (TPSA) is 88.3 Å². The van der Waals surface area contributed by atoms with Crippen molar-refractivity contribution in [3.63, 3.8) is 0 Å². The lowest BCUT2D eigenvalue weighted by molar-refractivity contribution is -0.117. The molecule has 2 aliphatic rings. The first-order valence-corrected chi connectivity index (χ1v) is 9.85. The van der Waals surface area contributed by atoms with Gasteiger partial charge in [-0.15, -0.1) is 0 Å². The lowest BCUT2D eigenvalue weighted by Crippen LogP contribution is -2.41. The predicted molar refractivity (Wildman–Crippen MR) is 107 cm³/mol. The van der Waals surface area contributed by atoms with Gasteiger partial charge >= 0.3 is 5.69 Å². The number of benzene rings is 1. The molecule has 1 N–H and O–H groups in total. The number of hydrogen-bond donors (Lipinski definition) is 1. The summed E-state index contributed by atoms with van der Waals surface area (Å²) in [7, 11) is 3.97. The SMILES string of the molecule is CN(C)c1ccc(NC(=O)CN2CCC(n3nnn(C4CC4)c3=O)CC2)cc1. The molecule has 1 aliphatic heterocycles. The average Bonchev–Trinajstić information content (AvgIpc) is 3.45. The molecule has 0 unspecified atom stereocenters. The van der Waals surface area contributed by atoms with Crippen molar-refractivity contribution >= 4 is 17.3 Å². The number of amides is 1. The monoisotopic (exact) mass is 385 g/mol. The van der Waals surface area contributed by atoms with E-state index in [9.17, 15) is 9.59 Å². The van der Waals surface area contributed by atoms with Crippen LogP contribution in [-0.4, -0.2) is 64.3 Å². The van der Waals surface area contributed by atoms with Gasteiger partial charge in [0.05, 0.1) is 18.6 Å². The average molecular weight is 385 g/mol. The van der Waals surface area contributed by atoms with Crippen molar-refractivity contribution in [1.29, 1.82) is 0 Å². The minimum Gasteiger partial charge on any atom is -0.378 e. The smallest absolute Gasteiger partial charge is 0.364 e. The highest BCUT2D eigenvalue weighted by Gasteiger charge is 2.30. The molecule has 1 amide bonds. The molecule has 1 aromatic carbocycles. The van der Waals surface area contributed by atoms with Gasteiger partial charge < -0.3 is 10.2 Å². The zero-order chi connectivity index (χ0) is 19.7. The minimum absolute atomic E-state index is 0.0205. The van der Waals surface area contributed by atoms with Crippen molar-refractivity contribution in [3.8, 4) is 0 Å². The maximum atomic E-state index is 12.4. The Morgan fingerprint density at radius 3 is 2.14 bits per heavy atom. The zero-order valence-corrected chi connectivity index (χ0v) is 16.4.